The lowest BCUT2D eigenvalue weighted by molar-refractivity contribution is 0.0693. The van der Waals surface area contributed by atoms with Crippen LogP contribution in [0.1, 0.15) is 22.0 Å². The zero-order chi connectivity index (χ0) is 11.6. The summed E-state index contributed by atoms with van der Waals surface area (Å²) in [6, 6.07) is 0.984. The lowest BCUT2D eigenvalue weighted by Crippen LogP contribution is -2.11. The summed E-state index contributed by atoms with van der Waals surface area (Å²) in [5.74, 6) is -2.76. The highest BCUT2D eigenvalue weighted by atomic mass is 35.5. The molecule has 0 aliphatic carbocycles. The molecule has 1 aromatic carbocycles. The molecule has 16 heavy (non-hydrogen) atoms. The van der Waals surface area contributed by atoms with Crippen LogP contribution in [0.4, 0.5) is 4.39 Å². The van der Waals surface area contributed by atoms with E-state index in [2.05, 4.69) is 6.58 Å². The van der Waals surface area contributed by atoms with E-state index >= 15 is 0 Å². The van der Waals surface area contributed by atoms with Gasteiger partial charge < -0.3 is 15.9 Å². The van der Waals surface area contributed by atoms with E-state index in [9.17, 15) is 14.3 Å². The molecular formula is C10H11ClFNO3. The number of aromatic carboxylic acids is 1. The molecule has 4 nitrogen and oxygen atoms in total. The first kappa shape index (κ1) is 14.4. The van der Waals surface area contributed by atoms with Gasteiger partial charge in [0.05, 0.1) is 11.6 Å². The molecule has 0 saturated heterocycles. The van der Waals surface area contributed by atoms with Crippen LogP contribution >= 0.6 is 12.4 Å². The van der Waals surface area contributed by atoms with E-state index in [0.29, 0.717) is 0 Å². The fourth-order valence-corrected chi connectivity index (χ4v) is 1.19. The lowest BCUT2D eigenvalue weighted by Gasteiger charge is -2.11. The van der Waals surface area contributed by atoms with Crippen LogP contribution in [0.25, 0.3) is 0 Å². The third-order valence-electron chi connectivity index (χ3n) is 1.98. The van der Waals surface area contributed by atoms with E-state index in [0.717, 1.165) is 12.1 Å². The van der Waals surface area contributed by atoms with Crippen molar-refractivity contribution in [1.82, 2.24) is 0 Å². The van der Waals surface area contributed by atoms with E-state index in [-0.39, 0.29) is 23.5 Å². The number of carbonyl (C=O) groups is 1. The molecule has 0 aliphatic heterocycles. The lowest BCUT2D eigenvalue weighted by atomic mass is 10.0. The topological polar surface area (TPSA) is 83.6 Å². The van der Waals surface area contributed by atoms with Crippen LogP contribution in [0.5, 0.6) is 5.75 Å². The summed E-state index contributed by atoms with van der Waals surface area (Å²) in [7, 11) is 0. The molecule has 0 aromatic heterocycles. The van der Waals surface area contributed by atoms with Crippen LogP contribution in [0.2, 0.25) is 0 Å². The summed E-state index contributed by atoms with van der Waals surface area (Å²) >= 11 is 0. The second kappa shape index (κ2) is 5.48. The van der Waals surface area contributed by atoms with Gasteiger partial charge in [-0.3, -0.25) is 0 Å². The van der Waals surface area contributed by atoms with Gasteiger partial charge in [0.1, 0.15) is 17.1 Å². The van der Waals surface area contributed by atoms with E-state index in [4.69, 9.17) is 10.8 Å². The van der Waals surface area contributed by atoms with Gasteiger partial charge in [-0.2, -0.15) is 0 Å². The highest BCUT2D eigenvalue weighted by molar-refractivity contribution is 5.91. The van der Waals surface area contributed by atoms with E-state index in [1.54, 1.807) is 0 Å². The molecule has 0 unspecified atom stereocenters. The van der Waals surface area contributed by atoms with Gasteiger partial charge >= 0.3 is 5.97 Å². The molecule has 1 atom stereocenters. The number of phenols is 1. The summed E-state index contributed by atoms with van der Waals surface area (Å²) in [5.41, 5.74) is 4.81. The number of rotatable bonds is 3. The molecular weight excluding hydrogens is 237 g/mol. The van der Waals surface area contributed by atoms with Gasteiger partial charge in [0.25, 0.3) is 0 Å². The maximum Gasteiger partial charge on any atom is 0.339 e. The van der Waals surface area contributed by atoms with E-state index in [1.807, 2.05) is 0 Å². The minimum atomic E-state index is -1.34. The SMILES string of the molecule is C=C[C@@H](N)c1c(F)ccc(C(=O)O)c1O.Cl. The third kappa shape index (κ3) is 2.50. The van der Waals surface area contributed by atoms with Gasteiger partial charge in [0.2, 0.25) is 0 Å². The maximum absolute atomic E-state index is 13.3. The minimum Gasteiger partial charge on any atom is -0.507 e. The van der Waals surface area contributed by atoms with Crippen LogP contribution in [-0.4, -0.2) is 16.2 Å². The average Bonchev–Trinajstić information content (AvgIpc) is 2.16. The molecule has 4 N–H and O–H groups in total. The molecule has 88 valence electrons. The van der Waals surface area contributed by atoms with Crippen molar-refractivity contribution in [2.24, 2.45) is 5.73 Å². The number of halogens is 2. The third-order valence-corrected chi connectivity index (χ3v) is 1.98. The van der Waals surface area contributed by atoms with Gasteiger partial charge in [0, 0.05) is 0 Å². The van der Waals surface area contributed by atoms with Crippen LogP contribution in [0, 0.1) is 5.82 Å². The highest BCUT2D eigenvalue weighted by Crippen LogP contribution is 2.30. The van der Waals surface area contributed by atoms with Crippen molar-refractivity contribution < 1.29 is 19.4 Å². The number of carboxylic acid groups (broad SMARTS) is 1. The molecule has 0 fully saturated rings. The van der Waals surface area contributed by atoms with Crippen LogP contribution in [-0.2, 0) is 0 Å². The van der Waals surface area contributed by atoms with E-state index < -0.39 is 23.6 Å². The molecule has 0 aliphatic rings. The Morgan fingerprint density at radius 1 is 1.56 bits per heavy atom. The number of benzene rings is 1. The van der Waals surface area contributed by atoms with Crippen molar-refractivity contribution in [1.29, 1.82) is 0 Å². The van der Waals surface area contributed by atoms with Crippen molar-refractivity contribution in [2.75, 3.05) is 0 Å². The largest absolute Gasteiger partial charge is 0.507 e. The predicted octanol–water partition coefficient (Wildman–Crippen LogP) is 1.84. The van der Waals surface area contributed by atoms with E-state index in [1.165, 1.54) is 6.08 Å². The molecule has 0 amide bonds. The van der Waals surface area contributed by atoms with Gasteiger partial charge in [-0.25, -0.2) is 9.18 Å². The summed E-state index contributed by atoms with van der Waals surface area (Å²) in [6.45, 7) is 3.34. The highest BCUT2D eigenvalue weighted by Gasteiger charge is 2.20. The number of hydrogen-bond donors (Lipinski definition) is 3. The number of aromatic hydroxyl groups is 1. The Morgan fingerprint density at radius 3 is 2.56 bits per heavy atom. The second-order valence-corrected chi connectivity index (χ2v) is 2.92. The molecule has 6 heteroatoms. The van der Waals surface area contributed by atoms with Crippen molar-refractivity contribution in [2.45, 2.75) is 6.04 Å². The normalized spacial score (nSPS) is 11.4. The Morgan fingerprint density at radius 2 is 2.12 bits per heavy atom. The van der Waals surface area contributed by atoms with Crippen molar-refractivity contribution >= 4 is 18.4 Å². The Balaban J connectivity index is 0.00000225. The molecule has 0 heterocycles. The van der Waals surface area contributed by atoms with Crippen LogP contribution in [0.15, 0.2) is 24.8 Å². The predicted molar refractivity (Wildman–Crippen MR) is 59.4 cm³/mol. The summed E-state index contributed by atoms with van der Waals surface area (Å²) in [6.07, 6.45) is 1.21. The zero-order valence-corrected chi connectivity index (χ0v) is 9.00. The monoisotopic (exact) mass is 247 g/mol. The molecule has 0 bridgehead atoms. The molecule has 1 rings (SSSR count). The van der Waals surface area contributed by atoms with Gasteiger partial charge in [-0.15, -0.1) is 19.0 Å². The number of nitrogens with two attached hydrogens (primary N) is 1. The van der Waals surface area contributed by atoms with Gasteiger partial charge in [-0.1, -0.05) is 6.08 Å². The quantitative estimate of drug-likeness (QED) is 0.712. The Hall–Kier alpha value is -1.59. The number of carboxylic acids is 1. The standard InChI is InChI=1S/C10H10FNO3.ClH/c1-2-7(12)8-6(11)4-3-5(9(8)13)10(14)15;/h2-4,7,13H,1,12H2,(H,14,15);1H/t7-;/m1./s1. The molecule has 0 saturated carbocycles. The second-order valence-electron chi connectivity index (χ2n) is 2.92. The maximum atomic E-state index is 13.3. The zero-order valence-electron chi connectivity index (χ0n) is 8.18. The molecule has 1 aromatic rings. The first-order valence-corrected chi connectivity index (χ1v) is 4.11. The summed E-state index contributed by atoms with van der Waals surface area (Å²) < 4.78 is 13.3. The fraction of sp³-hybridized carbons (Fsp3) is 0.100. The van der Waals surface area contributed by atoms with Crippen LogP contribution in [0.3, 0.4) is 0 Å². The Bertz CT molecular complexity index is 423. The van der Waals surface area contributed by atoms with Crippen molar-refractivity contribution in [3.63, 3.8) is 0 Å². The first-order valence-electron chi connectivity index (χ1n) is 4.11. The Kier molecular flexibility index (Phi) is 4.94. The summed E-state index contributed by atoms with van der Waals surface area (Å²) in [5, 5.41) is 18.2. The average molecular weight is 248 g/mol. The fourth-order valence-electron chi connectivity index (χ4n) is 1.19. The number of hydrogen-bond acceptors (Lipinski definition) is 3. The minimum absolute atomic E-state index is 0. The Labute approximate surface area is 97.6 Å². The van der Waals surface area contributed by atoms with Crippen molar-refractivity contribution in [3.05, 3.63) is 41.7 Å². The van der Waals surface area contributed by atoms with Gasteiger partial charge in [-0.05, 0) is 12.1 Å². The molecule has 0 spiro atoms. The molecule has 0 radical (unpaired) electrons. The first-order chi connectivity index (χ1) is 6.99. The van der Waals surface area contributed by atoms with Crippen molar-refractivity contribution in [3.8, 4) is 5.75 Å². The van der Waals surface area contributed by atoms with Crippen LogP contribution < -0.4 is 5.73 Å². The van der Waals surface area contributed by atoms with Gasteiger partial charge in [0.15, 0.2) is 0 Å². The smallest absolute Gasteiger partial charge is 0.339 e. The summed E-state index contributed by atoms with van der Waals surface area (Å²) in [4.78, 5) is 10.6.